The number of phosphoric ester groups is 2. The smallest absolute Gasteiger partial charge is 0.463 e. The number of hydrogen-bond acceptors (Lipinski definition) is 14. The number of allylic oxidation sites excluding steroid dienone is 18. The molecule has 0 aliphatic heterocycles. The third kappa shape index (κ3) is 84.9. The number of aliphatic hydroxyl groups excluding tert-OH is 2. The van der Waals surface area contributed by atoms with Crippen LogP contribution in [-0.2, 0) is 55.8 Å². The van der Waals surface area contributed by atoms with Crippen LogP contribution in [0.25, 0.3) is 0 Å². The van der Waals surface area contributed by atoms with E-state index < -0.39 is 91.5 Å². The van der Waals surface area contributed by atoms with Gasteiger partial charge >= 0.3 is 33.6 Å². The summed E-state index contributed by atoms with van der Waals surface area (Å²) in [6.07, 6.45) is 100. The molecule has 0 aliphatic rings. The Hall–Kier alpha value is -3.79. The van der Waals surface area contributed by atoms with Gasteiger partial charge in [-0.3, -0.25) is 32.5 Å². The number of rotatable bonds is 84. The monoisotopic (exact) mass is 1570 g/mol. The molecule has 16 nitrogen and oxygen atoms in total. The van der Waals surface area contributed by atoms with E-state index in [2.05, 4.69) is 130 Å². The molecule has 0 aromatic carbocycles. The summed E-state index contributed by atoms with van der Waals surface area (Å²) in [7, 11) is -9.79. The van der Waals surface area contributed by atoms with Crippen LogP contribution >= 0.6 is 15.6 Å². The van der Waals surface area contributed by atoms with Gasteiger partial charge in [0.25, 0.3) is 0 Å². The maximum Gasteiger partial charge on any atom is 0.472 e. The molecular weight excluding hydrogens is 1410 g/mol. The van der Waals surface area contributed by atoms with Gasteiger partial charge in [-0.05, 0) is 135 Å². The lowest BCUT2D eigenvalue weighted by atomic mass is 10.0. The van der Waals surface area contributed by atoms with Crippen molar-refractivity contribution < 1.29 is 75.8 Å². The number of aliphatic hydroxyl groups is 2. The van der Waals surface area contributed by atoms with Gasteiger partial charge in [0.05, 0.1) is 26.4 Å². The van der Waals surface area contributed by atoms with Crippen molar-refractivity contribution in [3.8, 4) is 0 Å². The van der Waals surface area contributed by atoms with E-state index in [9.17, 15) is 43.5 Å². The molecule has 0 saturated carbocycles. The van der Waals surface area contributed by atoms with E-state index in [0.29, 0.717) is 19.3 Å². The second-order valence-corrected chi connectivity index (χ2v) is 32.6. The first-order valence-corrected chi connectivity index (χ1v) is 47.2. The Morgan fingerprint density at radius 1 is 0.257 bits per heavy atom. The minimum Gasteiger partial charge on any atom is -0.463 e. The normalized spacial score (nSPS) is 14.4. The molecule has 0 fully saturated rings. The predicted octanol–water partition coefficient (Wildman–Crippen LogP) is 26.7. The van der Waals surface area contributed by atoms with Crippen LogP contribution in [0.4, 0.5) is 0 Å². The van der Waals surface area contributed by atoms with Crippen molar-refractivity contribution >= 4 is 33.6 Å². The first-order chi connectivity index (χ1) is 53.2. The summed E-state index contributed by atoms with van der Waals surface area (Å²) in [6.45, 7) is 2.65. The maximum absolute atomic E-state index is 13.0. The lowest BCUT2D eigenvalue weighted by Gasteiger charge is -2.21. The van der Waals surface area contributed by atoms with Crippen molar-refractivity contribution in [2.45, 2.75) is 411 Å². The van der Waals surface area contributed by atoms with Crippen LogP contribution in [0, 0.1) is 0 Å². The summed E-state index contributed by atoms with van der Waals surface area (Å²) in [5, 5.41) is 20.7. The molecule has 0 heterocycles. The predicted molar refractivity (Wildman–Crippen MR) is 454 cm³/mol. The Labute approximate surface area is 666 Å². The number of carbonyl (C=O) groups excluding carboxylic acids is 3. The molecule has 0 saturated heterocycles. The fourth-order valence-electron chi connectivity index (χ4n) is 12.2. The van der Waals surface area contributed by atoms with Crippen LogP contribution in [0.1, 0.15) is 393 Å². The van der Waals surface area contributed by atoms with E-state index in [1.165, 1.54) is 212 Å². The van der Waals surface area contributed by atoms with Crippen molar-refractivity contribution in [1.29, 1.82) is 0 Å². The fraction of sp³-hybridized carbons (Fsp3) is 0.769. The zero-order valence-corrected chi connectivity index (χ0v) is 71.3. The second kappa shape index (κ2) is 83.6. The van der Waals surface area contributed by atoms with Crippen LogP contribution in [0.15, 0.2) is 109 Å². The van der Waals surface area contributed by atoms with E-state index >= 15 is 0 Å². The average Bonchev–Trinajstić information content (AvgIpc) is 0.916. The van der Waals surface area contributed by atoms with Crippen LogP contribution in [0.3, 0.4) is 0 Å². The SMILES string of the molecule is CCCCC/C=C\C/C=C\C/C=C\C/C=C\CCCCCCCCCCCCCCCCCC(=O)OCC(O)COP(=O)(O)OCC(O)COP(=O)(O)OCC(COC(=O)CCCCCCCCCCCCCCC/C=C\C/C=C\C/C=C\C/C=C\CCCCC)OC(=O)CCCCCCC/C=C\CCCCCC. The van der Waals surface area contributed by atoms with Crippen LogP contribution in [0.2, 0.25) is 0 Å². The van der Waals surface area contributed by atoms with Crippen LogP contribution < -0.4 is 0 Å². The van der Waals surface area contributed by atoms with Gasteiger partial charge in [0.15, 0.2) is 6.10 Å². The Morgan fingerprint density at radius 3 is 0.752 bits per heavy atom. The van der Waals surface area contributed by atoms with E-state index in [-0.39, 0.29) is 19.3 Å². The molecule has 4 N–H and O–H groups in total. The highest BCUT2D eigenvalue weighted by atomic mass is 31.2. The number of phosphoric acid groups is 2. The molecule has 5 unspecified atom stereocenters. The molecule has 109 heavy (non-hydrogen) atoms. The molecule has 18 heteroatoms. The number of ether oxygens (including phenoxy) is 3. The molecule has 0 aliphatic carbocycles. The number of hydrogen-bond donors (Lipinski definition) is 4. The summed E-state index contributed by atoms with van der Waals surface area (Å²) in [5.74, 6) is -1.57. The van der Waals surface area contributed by atoms with E-state index in [4.69, 9.17) is 32.3 Å². The Kier molecular flexibility index (Phi) is 80.7. The van der Waals surface area contributed by atoms with Gasteiger partial charge in [-0.1, -0.05) is 348 Å². The fourth-order valence-corrected chi connectivity index (χ4v) is 13.8. The molecule has 0 amide bonds. The first-order valence-electron chi connectivity index (χ1n) is 44.2. The van der Waals surface area contributed by atoms with Gasteiger partial charge in [-0.2, -0.15) is 0 Å². The second-order valence-electron chi connectivity index (χ2n) is 29.7. The lowest BCUT2D eigenvalue weighted by molar-refractivity contribution is -0.161. The summed E-state index contributed by atoms with van der Waals surface area (Å²) >= 11 is 0. The molecule has 0 spiro atoms. The van der Waals surface area contributed by atoms with E-state index in [1.807, 2.05) is 0 Å². The highest BCUT2D eigenvalue weighted by Crippen LogP contribution is 2.45. The quantitative estimate of drug-likeness (QED) is 0.0146. The lowest BCUT2D eigenvalue weighted by Crippen LogP contribution is -2.30. The maximum atomic E-state index is 13.0. The number of esters is 3. The molecule has 0 bridgehead atoms. The zero-order chi connectivity index (χ0) is 79.4. The Bertz CT molecular complexity index is 2420. The molecule has 632 valence electrons. The third-order valence-corrected chi connectivity index (χ3v) is 20.8. The summed E-state index contributed by atoms with van der Waals surface area (Å²) < 4.78 is 61.3. The Balaban J connectivity index is 4.43. The van der Waals surface area contributed by atoms with Crippen molar-refractivity contribution in [2.75, 3.05) is 39.6 Å². The van der Waals surface area contributed by atoms with E-state index in [0.717, 1.165) is 122 Å². The number of unbranched alkanes of at least 4 members (excludes halogenated alkanes) is 43. The standard InChI is InChI=1S/C91H162O16P2/c1-4-7-10-13-16-19-22-25-27-29-31-33-35-37-39-41-42-44-46-47-49-51-53-55-57-60-62-65-68-71-74-77-89(94)101-80-86(92)81-103-108(97,98)104-82-87(93)83-105-109(99,100)106-85-88(107-91(96)79-76-73-70-67-64-59-24-21-18-15-12-9-6-3)84-102-90(95)78-75-72-69-66-63-61-58-56-54-52-50-48-45-43-40-38-36-34-32-30-28-26-23-20-17-14-11-8-5-2/h16-17,19-21,24-28,31-34,37-40,86-88,92-93H,4-15,18,22-23,29-30,35-36,41-85H2,1-3H3,(H,97,98)(H,99,100)/b19-16-,20-17-,24-21-,27-25-,28-26-,33-31-,34-32-,39-37-,40-38-. The minimum absolute atomic E-state index is 0.0954. The molecule has 0 rings (SSSR count). The van der Waals surface area contributed by atoms with Crippen molar-refractivity contribution in [3.63, 3.8) is 0 Å². The van der Waals surface area contributed by atoms with Crippen molar-refractivity contribution in [2.24, 2.45) is 0 Å². The largest absolute Gasteiger partial charge is 0.472 e. The number of carbonyl (C=O) groups is 3. The zero-order valence-electron chi connectivity index (χ0n) is 69.5. The van der Waals surface area contributed by atoms with Crippen LogP contribution in [-0.4, -0.2) is 95.9 Å². The first kappa shape index (κ1) is 105. The van der Waals surface area contributed by atoms with Crippen molar-refractivity contribution in [3.05, 3.63) is 109 Å². The van der Waals surface area contributed by atoms with Crippen molar-refractivity contribution in [1.82, 2.24) is 0 Å². The molecular formula is C91H162O16P2. The molecule has 0 radical (unpaired) electrons. The summed E-state index contributed by atoms with van der Waals surface area (Å²) in [4.78, 5) is 58.8. The topological polar surface area (TPSA) is 231 Å². The van der Waals surface area contributed by atoms with Gasteiger partial charge in [0.2, 0.25) is 0 Å². The molecule has 5 atom stereocenters. The summed E-state index contributed by atoms with van der Waals surface area (Å²) in [6, 6.07) is 0. The van der Waals surface area contributed by atoms with Gasteiger partial charge in [-0.15, -0.1) is 0 Å². The average molecular weight is 1570 g/mol. The highest BCUT2D eigenvalue weighted by molar-refractivity contribution is 7.47. The van der Waals surface area contributed by atoms with Gasteiger partial charge in [-0.25, -0.2) is 9.13 Å². The minimum atomic E-state index is -4.93. The van der Waals surface area contributed by atoms with Gasteiger partial charge < -0.3 is 34.2 Å². The van der Waals surface area contributed by atoms with E-state index in [1.54, 1.807) is 0 Å². The molecule has 0 aromatic rings. The van der Waals surface area contributed by atoms with Crippen LogP contribution in [0.5, 0.6) is 0 Å². The highest BCUT2D eigenvalue weighted by Gasteiger charge is 2.29. The Morgan fingerprint density at radius 2 is 0.459 bits per heavy atom. The summed E-state index contributed by atoms with van der Waals surface area (Å²) in [5.41, 5.74) is 0. The van der Waals surface area contributed by atoms with Gasteiger partial charge in [0, 0.05) is 19.3 Å². The third-order valence-electron chi connectivity index (χ3n) is 18.9. The molecule has 0 aromatic heterocycles. The van der Waals surface area contributed by atoms with Gasteiger partial charge in [0.1, 0.15) is 25.4 Å².